The summed E-state index contributed by atoms with van der Waals surface area (Å²) in [5.74, 6) is 1.32. The first kappa shape index (κ1) is 9.74. The van der Waals surface area contributed by atoms with Gasteiger partial charge in [0.05, 0.1) is 0 Å². The van der Waals surface area contributed by atoms with Gasteiger partial charge in [-0.15, -0.1) is 0 Å². The molecule has 1 aliphatic rings. The zero-order valence-electron chi connectivity index (χ0n) is 7.34. The number of hydrogen-bond donors (Lipinski definition) is 2. The van der Waals surface area contributed by atoms with Crippen LogP contribution in [0.1, 0.15) is 20.8 Å². The van der Waals surface area contributed by atoms with Crippen LogP contribution in [0.4, 0.5) is 0 Å². The molecule has 11 heavy (non-hydrogen) atoms. The average Bonchev–Trinajstić information content (AvgIpc) is 1.99. The van der Waals surface area contributed by atoms with Crippen molar-refractivity contribution < 1.29 is 25.1 Å². The summed E-state index contributed by atoms with van der Waals surface area (Å²) >= 11 is -0.561. The van der Waals surface area contributed by atoms with Crippen molar-refractivity contribution in [1.29, 1.82) is 0 Å². The van der Waals surface area contributed by atoms with E-state index in [4.69, 9.17) is 0 Å². The number of piperidine rings is 1. The van der Waals surface area contributed by atoms with Crippen molar-refractivity contribution in [2.75, 3.05) is 6.54 Å². The monoisotopic (exact) mass is 270 g/mol. The minimum absolute atomic E-state index is 0.561. The first-order valence-electron chi connectivity index (χ1n) is 4.17. The van der Waals surface area contributed by atoms with Crippen LogP contribution in [0.15, 0.2) is 0 Å². The van der Waals surface area contributed by atoms with Crippen molar-refractivity contribution in [2.24, 2.45) is 11.8 Å². The van der Waals surface area contributed by atoms with Gasteiger partial charge >= 0.3 is 79.5 Å². The van der Waals surface area contributed by atoms with Crippen molar-refractivity contribution in [3.63, 3.8) is 0 Å². The van der Waals surface area contributed by atoms with Gasteiger partial charge in [-0.25, -0.2) is 0 Å². The zero-order chi connectivity index (χ0) is 8.43. The van der Waals surface area contributed by atoms with E-state index < -0.39 is 21.6 Å². The molecule has 4 atom stereocenters. The fraction of sp³-hybridized carbons (Fsp3) is 1.00. The van der Waals surface area contributed by atoms with Crippen LogP contribution < -0.4 is 26.9 Å². The van der Waals surface area contributed by atoms with Crippen LogP contribution in [-0.4, -0.2) is 19.9 Å². The van der Waals surface area contributed by atoms with Crippen LogP contribution in [0.5, 0.6) is 0 Å². The third-order valence-electron chi connectivity index (χ3n) is 2.71. The van der Waals surface area contributed by atoms with Crippen LogP contribution >= 0.6 is 0 Å². The Morgan fingerprint density at radius 2 is 2.00 bits per heavy atom. The summed E-state index contributed by atoms with van der Waals surface area (Å²) in [6.07, 6.45) is 0. The molecule has 0 aromatic rings. The van der Waals surface area contributed by atoms with E-state index >= 15 is 0 Å². The Morgan fingerprint density at radius 1 is 1.36 bits per heavy atom. The normalized spacial score (nSPS) is 46.2. The van der Waals surface area contributed by atoms with Gasteiger partial charge in [-0.2, -0.15) is 0 Å². The number of halogens is 1. The number of rotatable bonds is 1. The predicted octanol–water partition coefficient (Wildman–Crippen LogP) is -2.38. The minimum atomic E-state index is -0.561. The standard InChI is InChI=1S/C8H17INO/c1-5-4-10-7(3)6(2)8(5)9-11/h5-8,10-11H,4H2,1-3H3/q-1/t5-,6+,7-,8-/m1/s1. The summed E-state index contributed by atoms with van der Waals surface area (Å²) in [5.41, 5.74) is 0. The fourth-order valence-corrected chi connectivity index (χ4v) is 3.58. The molecule has 0 aromatic heterocycles. The molecular weight excluding hydrogens is 253 g/mol. The van der Waals surface area contributed by atoms with Gasteiger partial charge in [0.15, 0.2) is 0 Å². The molecule has 0 unspecified atom stereocenters. The number of hydrogen-bond acceptors (Lipinski definition) is 2. The van der Waals surface area contributed by atoms with E-state index in [0.717, 1.165) is 6.54 Å². The Labute approximate surface area is 79.6 Å². The van der Waals surface area contributed by atoms with E-state index in [0.29, 0.717) is 21.8 Å². The first-order chi connectivity index (χ1) is 5.16. The average molecular weight is 270 g/mol. The first-order valence-corrected chi connectivity index (χ1v) is 6.38. The second-order valence-electron chi connectivity index (χ2n) is 3.58. The third kappa shape index (κ3) is 2.06. The van der Waals surface area contributed by atoms with Gasteiger partial charge in [0.25, 0.3) is 0 Å². The Bertz CT molecular complexity index is 131. The van der Waals surface area contributed by atoms with Gasteiger partial charge in [0, 0.05) is 0 Å². The van der Waals surface area contributed by atoms with Gasteiger partial charge in [-0.1, -0.05) is 0 Å². The molecule has 0 saturated carbocycles. The van der Waals surface area contributed by atoms with E-state index in [1.165, 1.54) is 0 Å². The molecule has 0 amide bonds. The molecule has 1 heterocycles. The predicted molar refractivity (Wildman–Crippen MR) is 41.8 cm³/mol. The Hall–Kier alpha value is 0.650. The van der Waals surface area contributed by atoms with Gasteiger partial charge in [-0.3, -0.25) is 0 Å². The summed E-state index contributed by atoms with van der Waals surface area (Å²) in [6, 6.07) is 0.586. The van der Waals surface area contributed by atoms with Crippen molar-refractivity contribution in [1.82, 2.24) is 5.32 Å². The van der Waals surface area contributed by atoms with Crippen LogP contribution in [0.2, 0.25) is 0 Å². The molecule has 68 valence electrons. The summed E-state index contributed by atoms with van der Waals surface area (Å²) < 4.78 is 9.83. The summed E-state index contributed by atoms with van der Waals surface area (Å²) in [7, 11) is 0. The molecule has 1 fully saturated rings. The second kappa shape index (κ2) is 4.05. The molecule has 0 spiro atoms. The molecule has 0 radical (unpaired) electrons. The van der Waals surface area contributed by atoms with Gasteiger partial charge in [-0.05, 0) is 0 Å². The van der Waals surface area contributed by atoms with Gasteiger partial charge in [0.2, 0.25) is 0 Å². The number of nitrogens with one attached hydrogen (secondary N) is 1. The van der Waals surface area contributed by atoms with Crippen molar-refractivity contribution in [3.05, 3.63) is 0 Å². The molecule has 3 heteroatoms. The SMILES string of the molecule is C[C@@H]1[C@H]([I-]O)[C@H](C)CN[C@@H]1C. The van der Waals surface area contributed by atoms with E-state index in [2.05, 4.69) is 26.1 Å². The second-order valence-corrected chi connectivity index (χ2v) is 5.57. The summed E-state index contributed by atoms with van der Waals surface area (Å²) in [4.78, 5) is 0. The topological polar surface area (TPSA) is 32.3 Å². The van der Waals surface area contributed by atoms with E-state index in [-0.39, 0.29) is 0 Å². The maximum absolute atomic E-state index is 9.23. The van der Waals surface area contributed by atoms with Crippen molar-refractivity contribution in [2.45, 2.75) is 30.7 Å². The molecule has 0 bridgehead atoms. The molecule has 1 aliphatic heterocycles. The summed E-state index contributed by atoms with van der Waals surface area (Å²) in [6.45, 7) is 7.77. The van der Waals surface area contributed by atoms with E-state index in [1.54, 1.807) is 0 Å². The maximum atomic E-state index is 9.23. The molecule has 2 N–H and O–H groups in total. The van der Waals surface area contributed by atoms with Crippen LogP contribution in [-0.2, 0) is 0 Å². The molecule has 2 nitrogen and oxygen atoms in total. The van der Waals surface area contributed by atoms with Crippen LogP contribution in [0.3, 0.4) is 0 Å². The zero-order valence-corrected chi connectivity index (χ0v) is 9.50. The molecule has 0 aromatic carbocycles. The quantitative estimate of drug-likeness (QED) is 0.412. The number of alkyl halides is 1. The molecule has 0 aliphatic carbocycles. The van der Waals surface area contributed by atoms with Crippen LogP contribution in [0.25, 0.3) is 0 Å². The molecular formula is C8H17INO-. The van der Waals surface area contributed by atoms with Gasteiger partial charge < -0.3 is 0 Å². The van der Waals surface area contributed by atoms with Gasteiger partial charge in [0.1, 0.15) is 0 Å². The third-order valence-corrected chi connectivity index (χ3v) is 5.71. The Kier molecular flexibility index (Phi) is 3.58. The summed E-state index contributed by atoms with van der Waals surface area (Å²) in [5, 5.41) is 3.45. The molecule has 1 rings (SSSR count). The Morgan fingerprint density at radius 3 is 2.45 bits per heavy atom. The van der Waals surface area contributed by atoms with E-state index in [9.17, 15) is 3.44 Å². The van der Waals surface area contributed by atoms with E-state index in [1.807, 2.05) is 0 Å². The van der Waals surface area contributed by atoms with Crippen LogP contribution in [0, 0.1) is 11.8 Å². The fourth-order valence-electron chi connectivity index (χ4n) is 1.65. The molecule has 1 saturated heterocycles. The van der Waals surface area contributed by atoms with Crippen molar-refractivity contribution >= 4 is 0 Å². The van der Waals surface area contributed by atoms with Crippen molar-refractivity contribution in [3.8, 4) is 0 Å². The Balaban J connectivity index is 2.55.